The predicted octanol–water partition coefficient (Wildman–Crippen LogP) is 3.26. The molecule has 0 aliphatic carbocycles. The van der Waals surface area contributed by atoms with Crippen LogP contribution in [0, 0.1) is 5.92 Å². The summed E-state index contributed by atoms with van der Waals surface area (Å²) in [5.74, 6) is -3.22. The maximum atomic E-state index is 12.9. The molecule has 0 saturated carbocycles. The quantitative estimate of drug-likeness (QED) is 0.624. The zero-order chi connectivity index (χ0) is 9.19. The van der Waals surface area contributed by atoms with Gasteiger partial charge in [0, 0.05) is 5.92 Å². The molecule has 0 amide bonds. The van der Waals surface area contributed by atoms with E-state index in [4.69, 9.17) is 4.74 Å². The van der Waals surface area contributed by atoms with Crippen LogP contribution in [0.3, 0.4) is 0 Å². The van der Waals surface area contributed by atoms with Crippen LogP contribution in [0.1, 0.15) is 27.2 Å². The number of ether oxygens (including phenoxy) is 1. The minimum absolute atomic E-state index is 0. The molecule has 0 bridgehead atoms. The molecule has 0 aromatic carbocycles. The van der Waals surface area contributed by atoms with Crippen LogP contribution in [0.5, 0.6) is 0 Å². The summed E-state index contributed by atoms with van der Waals surface area (Å²) in [5.41, 5.74) is 0.956. The summed E-state index contributed by atoms with van der Waals surface area (Å²) >= 11 is 0. The van der Waals surface area contributed by atoms with E-state index < -0.39 is 18.4 Å². The van der Waals surface area contributed by atoms with Crippen LogP contribution in [0.15, 0.2) is 12.2 Å². The second-order valence-corrected chi connectivity index (χ2v) is 3.47. The highest BCUT2D eigenvalue weighted by Crippen LogP contribution is 2.34. The SMILES string of the molecule is C.C=C(C)CCC1COCC1(F)F. The fourth-order valence-electron chi connectivity index (χ4n) is 1.29. The summed E-state index contributed by atoms with van der Waals surface area (Å²) in [5, 5.41) is 0. The molecule has 1 unspecified atom stereocenters. The van der Waals surface area contributed by atoms with E-state index in [9.17, 15) is 8.78 Å². The number of rotatable bonds is 3. The molecule has 1 atom stereocenters. The Bertz CT molecular complexity index is 178. The predicted molar refractivity (Wildman–Crippen MR) is 50.0 cm³/mol. The van der Waals surface area contributed by atoms with Gasteiger partial charge in [-0.3, -0.25) is 0 Å². The van der Waals surface area contributed by atoms with Crippen LogP contribution in [0.25, 0.3) is 0 Å². The summed E-state index contributed by atoms with van der Waals surface area (Å²) in [7, 11) is 0. The van der Waals surface area contributed by atoms with Crippen LogP contribution in [-0.2, 0) is 4.74 Å². The van der Waals surface area contributed by atoms with Crippen molar-refractivity contribution in [2.45, 2.75) is 33.1 Å². The molecule has 1 saturated heterocycles. The Hall–Kier alpha value is -0.440. The van der Waals surface area contributed by atoms with Gasteiger partial charge in [0.2, 0.25) is 0 Å². The van der Waals surface area contributed by atoms with Gasteiger partial charge in [-0.15, -0.1) is 6.58 Å². The minimum atomic E-state index is -2.62. The number of allylic oxidation sites excluding steroid dienone is 1. The molecule has 1 heterocycles. The fourth-order valence-corrected chi connectivity index (χ4v) is 1.29. The van der Waals surface area contributed by atoms with Crippen LogP contribution in [0.2, 0.25) is 0 Å². The van der Waals surface area contributed by atoms with Crippen LogP contribution >= 0.6 is 0 Å². The van der Waals surface area contributed by atoms with Gasteiger partial charge in [-0.05, 0) is 19.8 Å². The highest BCUT2D eigenvalue weighted by Gasteiger charge is 2.44. The van der Waals surface area contributed by atoms with Crippen molar-refractivity contribution in [3.63, 3.8) is 0 Å². The monoisotopic (exact) mass is 192 g/mol. The Morgan fingerprint density at radius 1 is 1.62 bits per heavy atom. The largest absolute Gasteiger partial charge is 0.375 e. The van der Waals surface area contributed by atoms with Gasteiger partial charge in [0.05, 0.1) is 6.61 Å². The summed E-state index contributed by atoms with van der Waals surface area (Å²) < 4.78 is 30.5. The van der Waals surface area contributed by atoms with Gasteiger partial charge < -0.3 is 4.74 Å². The van der Waals surface area contributed by atoms with Crippen molar-refractivity contribution in [2.24, 2.45) is 5.92 Å². The second-order valence-electron chi connectivity index (χ2n) is 3.47. The smallest absolute Gasteiger partial charge is 0.275 e. The van der Waals surface area contributed by atoms with Crippen LogP contribution in [0.4, 0.5) is 8.78 Å². The topological polar surface area (TPSA) is 9.23 Å². The van der Waals surface area contributed by atoms with E-state index >= 15 is 0 Å². The fraction of sp³-hybridized carbons (Fsp3) is 0.800. The molecule has 13 heavy (non-hydrogen) atoms. The minimum Gasteiger partial charge on any atom is -0.375 e. The molecule has 0 N–H and O–H groups in total. The van der Waals surface area contributed by atoms with Gasteiger partial charge >= 0.3 is 0 Å². The molecule has 1 fully saturated rings. The molecular formula is C10H18F2O. The molecule has 0 spiro atoms. The first-order valence-electron chi connectivity index (χ1n) is 4.12. The maximum absolute atomic E-state index is 12.9. The molecule has 0 aromatic heterocycles. The van der Waals surface area contributed by atoms with Gasteiger partial charge in [0.15, 0.2) is 0 Å². The first-order chi connectivity index (χ1) is 5.52. The lowest BCUT2D eigenvalue weighted by atomic mass is 9.97. The zero-order valence-electron chi connectivity index (χ0n) is 7.28. The second kappa shape index (κ2) is 4.70. The lowest BCUT2D eigenvalue weighted by Gasteiger charge is -2.15. The summed E-state index contributed by atoms with van der Waals surface area (Å²) in [6, 6.07) is 0. The number of hydrogen-bond donors (Lipinski definition) is 0. The average Bonchev–Trinajstić information content (AvgIpc) is 2.25. The normalized spacial score (nSPS) is 25.3. The summed E-state index contributed by atoms with van der Waals surface area (Å²) in [4.78, 5) is 0. The van der Waals surface area contributed by atoms with Gasteiger partial charge in [-0.1, -0.05) is 13.0 Å². The van der Waals surface area contributed by atoms with E-state index in [2.05, 4.69) is 6.58 Å². The first-order valence-corrected chi connectivity index (χ1v) is 4.12. The van der Waals surface area contributed by atoms with E-state index in [-0.39, 0.29) is 14.0 Å². The molecule has 1 rings (SSSR count). The van der Waals surface area contributed by atoms with Crippen LogP contribution in [-0.4, -0.2) is 19.1 Å². The van der Waals surface area contributed by atoms with Crippen molar-refractivity contribution in [3.05, 3.63) is 12.2 Å². The number of hydrogen-bond acceptors (Lipinski definition) is 1. The Balaban J connectivity index is 0.00000144. The first kappa shape index (κ1) is 12.6. The third-order valence-electron chi connectivity index (χ3n) is 2.13. The number of alkyl halides is 2. The van der Waals surface area contributed by atoms with E-state index in [1.165, 1.54) is 0 Å². The van der Waals surface area contributed by atoms with E-state index in [1.807, 2.05) is 6.92 Å². The third kappa shape index (κ3) is 3.43. The molecule has 1 nitrogen and oxygen atoms in total. The number of halogens is 2. The van der Waals surface area contributed by atoms with E-state index in [1.54, 1.807) is 0 Å². The van der Waals surface area contributed by atoms with Crippen molar-refractivity contribution in [1.82, 2.24) is 0 Å². The van der Waals surface area contributed by atoms with Crippen molar-refractivity contribution < 1.29 is 13.5 Å². The molecule has 0 radical (unpaired) electrons. The molecule has 1 aliphatic heterocycles. The molecule has 78 valence electrons. The van der Waals surface area contributed by atoms with Crippen molar-refractivity contribution in [3.8, 4) is 0 Å². The van der Waals surface area contributed by atoms with Crippen molar-refractivity contribution in [1.29, 1.82) is 0 Å². The van der Waals surface area contributed by atoms with E-state index in [0.717, 1.165) is 5.57 Å². The molecular weight excluding hydrogens is 174 g/mol. The van der Waals surface area contributed by atoms with Crippen LogP contribution < -0.4 is 0 Å². The summed E-state index contributed by atoms with van der Waals surface area (Å²) in [6.07, 6.45) is 1.16. The highest BCUT2D eigenvalue weighted by atomic mass is 19.3. The third-order valence-corrected chi connectivity index (χ3v) is 2.13. The lowest BCUT2D eigenvalue weighted by Crippen LogP contribution is -2.26. The Kier molecular flexibility index (Phi) is 4.54. The summed E-state index contributed by atoms with van der Waals surface area (Å²) in [6.45, 7) is 5.32. The highest BCUT2D eigenvalue weighted by molar-refractivity contribution is 4.91. The average molecular weight is 192 g/mol. The Morgan fingerprint density at radius 3 is 2.62 bits per heavy atom. The molecule has 1 aliphatic rings. The standard InChI is InChI=1S/C9H14F2O.CH4/c1-7(2)3-4-8-5-12-6-9(8,10)11;/h8H,1,3-6H2,2H3;1H4. The lowest BCUT2D eigenvalue weighted by molar-refractivity contribution is -0.0383. The van der Waals surface area contributed by atoms with Crippen molar-refractivity contribution >= 4 is 0 Å². The van der Waals surface area contributed by atoms with Crippen molar-refractivity contribution in [2.75, 3.05) is 13.2 Å². The molecule has 3 heteroatoms. The Morgan fingerprint density at radius 2 is 2.23 bits per heavy atom. The van der Waals surface area contributed by atoms with Gasteiger partial charge in [0.1, 0.15) is 6.61 Å². The van der Waals surface area contributed by atoms with E-state index in [0.29, 0.717) is 12.8 Å². The van der Waals surface area contributed by atoms with Gasteiger partial charge in [-0.25, -0.2) is 8.78 Å². The maximum Gasteiger partial charge on any atom is 0.275 e. The Labute approximate surface area is 78.8 Å². The van der Waals surface area contributed by atoms with Gasteiger partial charge in [-0.2, -0.15) is 0 Å². The molecule has 0 aromatic rings. The van der Waals surface area contributed by atoms with Gasteiger partial charge in [0.25, 0.3) is 5.92 Å². The zero-order valence-corrected chi connectivity index (χ0v) is 7.28.